The zero-order valence-corrected chi connectivity index (χ0v) is 20.9. The van der Waals surface area contributed by atoms with Crippen LogP contribution in [0.4, 0.5) is 0 Å². The van der Waals surface area contributed by atoms with Gasteiger partial charge in [0.25, 0.3) is 0 Å². The van der Waals surface area contributed by atoms with Gasteiger partial charge in [0, 0.05) is 29.2 Å². The van der Waals surface area contributed by atoms with Crippen LogP contribution in [0, 0.1) is 0 Å². The number of ether oxygens (including phenoxy) is 2. The maximum Gasteiger partial charge on any atom is 0.204 e. The van der Waals surface area contributed by atoms with Gasteiger partial charge in [0.05, 0.1) is 32.0 Å². The van der Waals surface area contributed by atoms with Crippen molar-refractivity contribution in [3.05, 3.63) is 53.1 Å². The normalized spacial score (nSPS) is 19.5. The quantitative estimate of drug-likeness (QED) is 0.531. The molecule has 0 spiro atoms. The van der Waals surface area contributed by atoms with E-state index >= 15 is 0 Å². The third kappa shape index (κ3) is 4.40. The molecule has 2 aromatic carbocycles. The third-order valence-corrected chi connectivity index (χ3v) is 6.49. The Balaban J connectivity index is 0.00000274. The Labute approximate surface area is 206 Å². The molecule has 1 aromatic heterocycles. The molecule has 0 unspecified atom stereocenters. The van der Waals surface area contributed by atoms with Crippen LogP contribution in [0.1, 0.15) is 42.9 Å². The number of hydrogen-bond acceptors (Lipinski definition) is 7. The maximum atomic E-state index is 5.93. The number of halogens is 1. The van der Waals surface area contributed by atoms with Crippen LogP contribution in [0.25, 0.3) is 11.4 Å². The van der Waals surface area contributed by atoms with Gasteiger partial charge in [-0.3, -0.25) is 4.99 Å². The molecule has 5 rings (SSSR count). The van der Waals surface area contributed by atoms with Gasteiger partial charge in [0.1, 0.15) is 0 Å². The smallest absolute Gasteiger partial charge is 0.204 e. The van der Waals surface area contributed by atoms with Crippen molar-refractivity contribution in [2.45, 2.75) is 38.8 Å². The summed E-state index contributed by atoms with van der Waals surface area (Å²) >= 11 is 0. The Bertz CT molecular complexity index is 1190. The van der Waals surface area contributed by atoms with Crippen LogP contribution in [0.3, 0.4) is 0 Å². The summed E-state index contributed by atoms with van der Waals surface area (Å²) in [5, 5.41) is 12.8. The van der Waals surface area contributed by atoms with Gasteiger partial charge in [-0.2, -0.15) is 4.80 Å². The monoisotopic (exact) mass is 482 g/mol. The van der Waals surface area contributed by atoms with Crippen molar-refractivity contribution in [1.82, 2.24) is 25.1 Å². The molecule has 0 radical (unpaired) electrons. The Hall–Kier alpha value is -2.97. The lowest BCUT2D eigenvalue weighted by molar-refractivity contribution is 0.226. The van der Waals surface area contributed by atoms with Crippen molar-refractivity contribution in [3.63, 3.8) is 0 Å². The van der Waals surface area contributed by atoms with Gasteiger partial charge in [0.2, 0.25) is 5.82 Å². The van der Waals surface area contributed by atoms with E-state index in [4.69, 9.17) is 14.5 Å². The molecule has 8 nitrogen and oxygen atoms in total. The first-order chi connectivity index (χ1) is 16.1. The second kappa shape index (κ2) is 10.1. The summed E-state index contributed by atoms with van der Waals surface area (Å²) in [5.74, 6) is 2.48. The van der Waals surface area contributed by atoms with Crippen LogP contribution in [0.5, 0.6) is 11.5 Å². The van der Waals surface area contributed by atoms with E-state index < -0.39 is 0 Å². The number of hydrogen-bond donors (Lipinski definition) is 0. The number of tetrazole rings is 1. The highest BCUT2D eigenvalue weighted by Crippen LogP contribution is 2.42. The topological polar surface area (TPSA) is 77.7 Å². The molecule has 1 fully saturated rings. The average molecular weight is 483 g/mol. The van der Waals surface area contributed by atoms with Crippen molar-refractivity contribution in [1.29, 1.82) is 0 Å². The number of likely N-dealkylation sites (tertiary alicyclic amines) is 1. The summed E-state index contributed by atoms with van der Waals surface area (Å²) in [7, 11) is 3.87. The standard InChI is InChI=1S/C25H30N6O2.ClH/c1-5-31-28-25(27-29-31)17-9-7-8-16(12-17)24-19-14-22(32-4)23(33-6-2)13-18(19)20-15-30(3)11-10-21(20)26-24;/h7-9,12-14,20-21H,5-6,10-11,15H2,1-4H3;1H/t20-,21-;/m1./s1. The fourth-order valence-corrected chi connectivity index (χ4v) is 4.84. The number of likely N-dealkylation sites (N-methyl/N-ethyl adjacent to an activating group) is 1. The molecule has 0 saturated carbocycles. The maximum absolute atomic E-state index is 5.93. The highest BCUT2D eigenvalue weighted by atomic mass is 35.5. The average Bonchev–Trinajstić information content (AvgIpc) is 3.33. The Morgan fingerprint density at radius 1 is 1.09 bits per heavy atom. The Morgan fingerprint density at radius 3 is 2.65 bits per heavy atom. The molecule has 180 valence electrons. The number of methoxy groups -OCH3 is 1. The highest BCUT2D eigenvalue weighted by molar-refractivity contribution is 6.15. The van der Waals surface area contributed by atoms with Crippen molar-refractivity contribution in [3.8, 4) is 22.9 Å². The number of fused-ring (bicyclic) bond motifs is 3. The van der Waals surface area contributed by atoms with Gasteiger partial charge in [-0.15, -0.1) is 22.6 Å². The van der Waals surface area contributed by atoms with Crippen molar-refractivity contribution in [2.75, 3.05) is 33.9 Å². The fourth-order valence-electron chi connectivity index (χ4n) is 4.84. The fraction of sp³-hybridized carbons (Fsp3) is 0.440. The second-order valence-electron chi connectivity index (χ2n) is 8.61. The molecule has 2 aliphatic heterocycles. The number of rotatable bonds is 6. The number of aliphatic imine (C=N–C) groups is 1. The molecule has 0 amide bonds. The van der Waals surface area contributed by atoms with E-state index in [1.165, 1.54) is 5.56 Å². The van der Waals surface area contributed by atoms with Gasteiger partial charge in [-0.25, -0.2) is 0 Å². The minimum absolute atomic E-state index is 0. The summed E-state index contributed by atoms with van der Waals surface area (Å²) in [5.41, 5.74) is 5.35. The predicted octanol–water partition coefficient (Wildman–Crippen LogP) is 3.83. The van der Waals surface area contributed by atoms with Crippen LogP contribution in [0.2, 0.25) is 0 Å². The Kier molecular flexibility index (Phi) is 7.19. The van der Waals surface area contributed by atoms with Gasteiger partial charge >= 0.3 is 0 Å². The summed E-state index contributed by atoms with van der Waals surface area (Å²) in [6.07, 6.45) is 1.03. The van der Waals surface area contributed by atoms with Crippen LogP contribution < -0.4 is 9.47 Å². The molecule has 3 aromatic rings. The molecular formula is C25H31ClN6O2. The highest BCUT2D eigenvalue weighted by Gasteiger charge is 2.36. The first-order valence-corrected chi connectivity index (χ1v) is 11.6. The van der Waals surface area contributed by atoms with Gasteiger partial charge in [-0.05, 0) is 62.8 Å². The van der Waals surface area contributed by atoms with E-state index in [0.717, 1.165) is 53.4 Å². The predicted molar refractivity (Wildman–Crippen MR) is 135 cm³/mol. The zero-order valence-electron chi connectivity index (χ0n) is 20.1. The van der Waals surface area contributed by atoms with Crippen LogP contribution in [0.15, 0.2) is 41.4 Å². The number of benzene rings is 2. The number of nitrogens with zero attached hydrogens (tertiary/aromatic N) is 6. The van der Waals surface area contributed by atoms with Crippen molar-refractivity contribution >= 4 is 18.1 Å². The summed E-state index contributed by atoms with van der Waals surface area (Å²) in [6, 6.07) is 12.8. The lowest BCUT2D eigenvalue weighted by Crippen LogP contribution is -2.41. The van der Waals surface area contributed by atoms with E-state index in [9.17, 15) is 0 Å². The van der Waals surface area contributed by atoms with Crippen LogP contribution in [-0.4, -0.2) is 70.7 Å². The summed E-state index contributed by atoms with van der Waals surface area (Å²) in [4.78, 5) is 9.27. The molecule has 1 saturated heterocycles. The van der Waals surface area contributed by atoms with Crippen molar-refractivity contribution < 1.29 is 9.47 Å². The zero-order chi connectivity index (χ0) is 22.9. The number of aryl methyl sites for hydroxylation is 1. The lowest BCUT2D eigenvalue weighted by atomic mass is 9.79. The molecular weight excluding hydrogens is 452 g/mol. The first-order valence-electron chi connectivity index (χ1n) is 11.6. The number of aromatic nitrogens is 4. The van der Waals surface area contributed by atoms with E-state index in [1.807, 2.05) is 26.0 Å². The molecule has 2 aliphatic rings. The van der Waals surface area contributed by atoms with Crippen LogP contribution >= 0.6 is 12.4 Å². The van der Waals surface area contributed by atoms with E-state index in [-0.39, 0.29) is 18.4 Å². The lowest BCUT2D eigenvalue weighted by Gasteiger charge is -2.39. The molecule has 34 heavy (non-hydrogen) atoms. The SMILES string of the molecule is CCOc1cc2c(cc1OC)C(c1cccc(-c3nnn(CC)n3)c1)=N[C@@H]1CCN(C)C[C@H]21.Cl. The van der Waals surface area contributed by atoms with Gasteiger partial charge in [0.15, 0.2) is 11.5 Å². The van der Waals surface area contributed by atoms with E-state index in [0.29, 0.717) is 24.9 Å². The third-order valence-electron chi connectivity index (χ3n) is 6.49. The van der Waals surface area contributed by atoms with E-state index in [1.54, 1.807) is 11.9 Å². The minimum atomic E-state index is 0. The molecule has 2 atom stereocenters. The molecule has 0 N–H and O–H groups in total. The largest absolute Gasteiger partial charge is 0.493 e. The van der Waals surface area contributed by atoms with E-state index in [2.05, 4.69) is 51.6 Å². The first kappa shape index (κ1) is 24.2. The van der Waals surface area contributed by atoms with Crippen LogP contribution in [-0.2, 0) is 6.54 Å². The molecule has 9 heteroatoms. The minimum Gasteiger partial charge on any atom is -0.493 e. The molecule has 0 aliphatic carbocycles. The Morgan fingerprint density at radius 2 is 1.91 bits per heavy atom. The van der Waals surface area contributed by atoms with Crippen molar-refractivity contribution in [2.24, 2.45) is 4.99 Å². The molecule has 3 heterocycles. The van der Waals surface area contributed by atoms with Gasteiger partial charge < -0.3 is 14.4 Å². The summed E-state index contributed by atoms with van der Waals surface area (Å²) < 4.78 is 11.6. The summed E-state index contributed by atoms with van der Waals surface area (Å²) in [6.45, 7) is 7.31. The van der Waals surface area contributed by atoms with Gasteiger partial charge in [-0.1, -0.05) is 18.2 Å². The molecule has 0 bridgehead atoms. The number of piperidine rings is 1. The second-order valence-corrected chi connectivity index (χ2v) is 8.61.